The van der Waals surface area contributed by atoms with Crippen LogP contribution in [0.25, 0.3) is 0 Å². The molecule has 2 nitrogen and oxygen atoms in total. The number of halogens is 3. The Morgan fingerprint density at radius 3 is 2.20 bits per heavy atom. The summed E-state index contributed by atoms with van der Waals surface area (Å²) in [5, 5.41) is 3.40. The van der Waals surface area contributed by atoms with Crippen molar-refractivity contribution in [2.45, 2.75) is 46.0 Å². The quantitative estimate of drug-likeness (QED) is 0.814. The van der Waals surface area contributed by atoms with Crippen molar-refractivity contribution in [3.05, 3.63) is 29.8 Å². The normalized spacial score (nSPS) is 13.6. The predicted octanol–water partition coefficient (Wildman–Crippen LogP) is 4.15. The largest absolute Gasteiger partial charge is 0.573 e. The van der Waals surface area contributed by atoms with Gasteiger partial charge in [0.15, 0.2) is 0 Å². The molecule has 0 aliphatic heterocycles. The number of alkyl halides is 3. The molecule has 5 heteroatoms. The predicted molar refractivity (Wildman–Crippen MR) is 73.7 cm³/mol. The highest BCUT2D eigenvalue weighted by Gasteiger charge is 2.30. The molecule has 20 heavy (non-hydrogen) atoms. The lowest BCUT2D eigenvalue weighted by Gasteiger charge is -2.20. The number of ether oxygens (including phenoxy) is 1. The summed E-state index contributed by atoms with van der Waals surface area (Å²) in [6.07, 6.45) is -2.79. The molecule has 0 radical (unpaired) electrons. The molecule has 114 valence electrons. The van der Waals surface area contributed by atoms with Gasteiger partial charge in [-0.15, -0.1) is 13.2 Å². The molecular weight excluding hydrogens is 267 g/mol. The average molecular weight is 289 g/mol. The number of likely N-dealkylation sites (N-methyl/N-ethyl adjacent to an activating group) is 1. The number of rotatable bonds is 7. The molecule has 0 bridgehead atoms. The van der Waals surface area contributed by atoms with E-state index >= 15 is 0 Å². The summed E-state index contributed by atoms with van der Waals surface area (Å²) >= 11 is 0. The third kappa shape index (κ3) is 6.80. The van der Waals surface area contributed by atoms with Crippen LogP contribution in [0.2, 0.25) is 0 Å². The van der Waals surface area contributed by atoms with E-state index in [0.717, 1.165) is 24.9 Å². The fraction of sp³-hybridized carbons (Fsp3) is 0.600. The van der Waals surface area contributed by atoms with Gasteiger partial charge in [-0.2, -0.15) is 0 Å². The first-order valence-corrected chi connectivity index (χ1v) is 6.88. The fourth-order valence-electron chi connectivity index (χ4n) is 2.21. The maximum absolute atomic E-state index is 12.1. The molecule has 0 aliphatic carbocycles. The summed E-state index contributed by atoms with van der Waals surface area (Å²) in [6, 6.07) is 6.44. The Balaban J connectivity index is 2.62. The summed E-state index contributed by atoms with van der Waals surface area (Å²) in [5.41, 5.74) is 1.01. The zero-order chi connectivity index (χ0) is 15.2. The molecule has 1 N–H and O–H groups in total. The van der Waals surface area contributed by atoms with Crippen molar-refractivity contribution in [1.82, 2.24) is 5.32 Å². The van der Waals surface area contributed by atoms with Gasteiger partial charge in [0.1, 0.15) is 5.75 Å². The van der Waals surface area contributed by atoms with Gasteiger partial charge in [-0.1, -0.05) is 32.9 Å². The first kappa shape index (κ1) is 16.8. The molecule has 1 unspecified atom stereocenters. The van der Waals surface area contributed by atoms with Crippen molar-refractivity contribution in [3.8, 4) is 5.75 Å². The maximum atomic E-state index is 12.1. The second kappa shape index (κ2) is 7.53. The fourth-order valence-corrected chi connectivity index (χ4v) is 2.21. The molecule has 0 aromatic heterocycles. The molecular formula is C15H22F3NO. The van der Waals surface area contributed by atoms with Crippen LogP contribution in [-0.2, 0) is 6.42 Å². The molecule has 1 rings (SSSR count). The molecule has 1 aromatic carbocycles. The smallest absolute Gasteiger partial charge is 0.406 e. The number of hydrogen-bond donors (Lipinski definition) is 1. The highest BCUT2D eigenvalue weighted by atomic mass is 19.4. The van der Waals surface area contributed by atoms with Crippen LogP contribution in [0.5, 0.6) is 5.75 Å². The van der Waals surface area contributed by atoms with E-state index in [1.54, 1.807) is 12.1 Å². The van der Waals surface area contributed by atoms with E-state index in [-0.39, 0.29) is 5.75 Å². The van der Waals surface area contributed by atoms with Crippen molar-refractivity contribution >= 4 is 0 Å². The van der Waals surface area contributed by atoms with Crippen LogP contribution in [0.4, 0.5) is 13.2 Å². The topological polar surface area (TPSA) is 21.3 Å². The Kier molecular flexibility index (Phi) is 6.33. The molecule has 0 saturated carbocycles. The molecule has 0 fully saturated rings. The lowest BCUT2D eigenvalue weighted by Crippen LogP contribution is -2.32. The molecule has 0 saturated heterocycles. The van der Waals surface area contributed by atoms with Crippen molar-refractivity contribution in [1.29, 1.82) is 0 Å². The van der Waals surface area contributed by atoms with Gasteiger partial charge in [-0.25, -0.2) is 0 Å². The van der Waals surface area contributed by atoms with Crippen molar-refractivity contribution in [3.63, 3.8) is 0 Å². The van der Waals surface area contributed by atoms with E-state index < -0.39 is 6.36 Å². The summed E-state index contributed by atoms with van der Waals surface area (Å²) in [7, 11) is 0. The van der Waals surface area contributed by atoms with Crippen molar-refractivity contribution in [2.24, 2.45) is 5.92 Å². The number of benzene rings is 1. The van der Waals surface area contributed by atoms with Crippen LogP contribution >= 0.6 is 0 Å². The van der Waals surface area contributed by atoms with E-state index in [9.17, 15) is 13.2 Å². The van der Waals surface area contributed by atoms with E-state index in [1.807, 2.05) is 6.92 Å². The second-order valence-corrected chi connectivity index (χ2v) is 5.28. The first-order valence-electron chi connectivity index (χ1n) is 6.88. The molecule has 0 amide bonds. The Labute approximate surface area is 118 Å². The monoisotopic (exact) mass is 289 g/mol. The third-order valence-corrected chi connectivity index (χ3v) is 2.89. The minimum absolute atomic E-state index is 0.176. The maximum Gasteiger partial charge on any atom is 0.573 e. The third-order valence-electron chi connectivity index (χ3n) is 2.89. The van der Waals surface area contributed by atoms with Gasteiger partial charge in [0.2, 0.25) is 0 Å². The molecule has 1 atom stereocenters. The summed E-state index contributed by atoms with van der Waals surface area (Å²) in [5.74, 6) is 0.400. The summed E-state index contributed by atoms with van der Waals surface area (Å²) in [6.45, 7) is 7.25. The van der Waals surface area contributed by atoms with Crippen LogP contribution in [0.15, 0.2) is 24.3 Å². The van der Waals surface area contributed by atoms with Gasteiger partial charge in [-0.05, 0) is 43.0 Å². The van der Waals surface area contributed by atoms with Gasteiger partial charge in [0, 0.05) is 6.04 Å². The number of hydrogen-bond acceptors (Lipinski definition) is 2. The summed E-state index contributed by atoms with van der Waals surface area (Å²) < 4.78 is 40.0. The SMILES string of the molecule is CCNC(Cc1ccc(OC(F)(F)F)cc1)CC(C)C. The van der Waals surface area contributed by atoms with E-state index in [2.05, 4.69) is 23.9 Å². The highest BCUT2D eigenvalue weighted by Crippen LogP contribution is 2.23. The van der Waals surface area contributed by atoms with Crippen LogP contribution in [0, 0.1) is 5.92 Å². The average Bonchev–Trinajstić information content (AvgIpc) is 2.29. The van der Waals surface area contributed by atoms with Gasteiger partial charge < -0.3 is 10.1 Å². The van der Waals surface area contributed by atoms with Crippen LogP contribution in [0.1, 0.15) is 32.8 Å². The van der Waals surface area contributed by atoms with Crippen LogP contribution in [-0.4, -0.2) is 18.9 Å². The van der Waals surface area contributed by atoms with Gasteiger partial charge in [0.25, 0.3) is 0 Å². The molecule has 0 aliphatic rings. The Morgan fingerprint density at radius 2 is 1.75 bits per heavy atom. The highest BCUT2D eigenvalue weighted by molar-refractivity contribution is 5.28. The van der Waals surface area contributed by atoms with Crippen molar-refractivity contribution in [2.75, 3.05) is 6.54 Å². The first-order chi connectivity index (χ1) is 9.30. The van der Waals surface area contributed by atoms with Gasteiger partial charge in [0.05, 0.1) is 0 Å². The zero-order valence-electron chi connectivity index (χ0n) is 12.1. The lowest BCUT2D eigenvalue weighted by atomic mass is 9.97. The minimum atomic E-state index is -4.63. The Morgan fingerprint density at radius 1 is 1.15 bits per heavy atom. The number of nitrogens with one attached hydrogen (secondary N) is 1. The van der Waals surface area contributed by atoms with E-state index in [4.69, 9.17) is 0 Å². The van der Waals surface area contributed by atoms with Gasteiger partial charge >= 0.3 is 6.36 Å². The van der Waals surface area contributed by atoms with Crippen LogP contribution in [0.3, 0.4) is 0 Å². The minimum Gasteiger partial charge on any atom is -0.406 e. The van der Waals surface area contributed by atoms with Crippen LogP contribution < -0.4 is 10.1 Å². The Bertz CT molecular complexity index is 387. The lowest BCUT2D eigenvalue weighted by molar-refractivity contribution is -0.274. The summed E-state index contributed by atoms with van der Waals surface area (Å²) in [4.78, 5) is 0. The Hall–Kier alpha value is -1.23. The second-order valence-electron chi connectivity index (χ2n) is 5.28. The zero-order valence-corrected chi connectivity index (χ0v) is 12.1. The van der Waals surface area contributed by atoms with E-state index in [1.165, 1.54) is 12.1 Å². The molecule has 0 spiro atoms. The standard InChI is InChI=1S/C15H22F3NO/c1-4-19-13(9-11(2)3)10-12-5-7-14(8-6-12)20-15(16,17)18/h5-8,11,13,19H,4,9-10H2,1-3H3. The van der Waals surface area contributed by atoms with Crippen molar-refractivity contribution < 1.29 is 17.9 Å². The molecule has 0 heterocycles. The molecule has 1 aromatic rings. The van der Waals surface area contributed by atoms with E-state index in [0.29, 0.717) is 12.0 Å². The van der Waals surface area contributed by atoms with Gasteiger partial charge in [-0.3, -0.25) is 0 Å².